The first kappa shape index (κ1) is 27.4. The molecule has 0 spiro atoms. The maximum atomic E-state index is 12.9. The molecular weight excluding hydrogens is 535 g/mol. The highest BCUT2D eigenvalue weighted by Gasteiger charge is 2.30. The van der Waals surface area contributed by atoms with Gasteiger partial charge in [0.05, 0.1) is 29.3 Å². The molecule has 1 amide bonds. The number of anilines is 1. The summed E-state index contributed by atoms with van der Waals surface area (Å²) >= 11 is 0. The van der Waals surface area contributed by atoms with Gasteiger partial charge in [-0.3, -0.25) is 10.1 Å². The van der Waals surface area contributed by atoms with Crippen molar-refractivity contribution < 1.29 is 32.2 Å². The van der Waals surface area contributed by atoms with Crippen LogP contribution in [-0.2, 0) is 19.1 Å². The first-order valence-electron chi connectivity index (χ1n) is 12.6. The van der Waals surface area contributed by atoms with E-state index in [1.54, 1.807) is 43.5 Å². The van der Waals surface area contributed by atoms with Crippen LogP contribution in [0.5, 0.6) is 11.5 Å². The number of carbonyl (C=O) groups excluding carboxylic acids is 2. The van der Waals surface area contributed by atoms with Crippen LogP contribution in [0.15, 0.2) is 97.1 Å². The number of hydrogen-bond donors (Lipinski definition) is 1. The molecule has 0 fully saturated rings. The number of alkyl halides is 3. The first-order chi connectivity index (χ1) is 19.7. The summed E-state index contributed by atoms with van der Waals surface area (Å²) in [4.78, 5) is 29.8. The van der Waals surface area contributed by atoms with E-state index in [2.05, 4.69) is 10.3 Å². The standard InChI is InChI=1S/C31H24F3N3O4/c1-40-24-16-10-22(11-17-24)29(39)41-25-14-6-20(7-15-25)18-19-37-27-5-3-2-4-26(27)35-30(37)36-28(38)21-8-12-23(13-9-21)31(32,33)34/h2-17H,18-19H2,1H3,(H,35,36,38). The summed E-state index contributed by atoms with van der Waals surface area (Å²) < 4.78 is 51.1. The lowest BCUT2D eigenvalue weighted by molar-refractivity contribution is -0.137. The number of carbonyl (C=O) groups is 2. The molecule has 1 N–H and O–H groups in total. The number of hydrogen-bond acceptors (Lipinski definition) is 5. The molecule has 7 nitrogen and oxygen atoms in total. The molecule has 0 aliphatic heterocycles. The highest BCUT2D eigenvalue weighted by atomic mass is 19.4. The quantitative estimate of drug-likeness (QED) is 0.167. The fraction of sp³-hybridized carbons (Fsp3) is 0.129. The third-order valence-corrected chi connectivity index (χ3v) is 6.44. The van der Waals surface area contributed by atoms with Crippen LogP contribution in [0.4, 0.5) is 19.1 Å². The van der Waals surface area contributed by atoms with E-state index in [0.717, 1.165) is 35.3 Å². The molecule has 10 heteroatoms. The van der Waals surface area contributed by atoms with E-state index in [1.165, 1.54) is 0 Å². The first-order valence-corrected chi connectivity index (χ1v) is 12.6. The van der Waals surface area contributed by atoms with Crippen molar-refractivity contribution in [3.8, 4) is 11.5 Å². The van der Waals surface area contributed by atoms with Crippen molar-refractivity contribution in [1.29, 1.82) is 0 Å². The van der Waals surface area contributed by atoms with E-state index in [1.807, 2.05) is 41.0 Å². The summed E-state index contributed by atoms with van der Waals surface area (Å²) in [5, 5.41) is 2.73. The SMILES string of the molecule is COc1ccc(C(=O)Oc2ccc(CCn3c(NC(=O)c4ccc(C(F)(F)F)cc4)nc4ccccc43)cc2)cc1. The molecule has 0 aliphatic carbocycles. The molecule has 5 aromatic rings. The van der Waals surface area contributed by atoms with E-state index < -0.39 is 23.6 Å². The maximum Gasteiger partial charge on any atom is 0.416 e. The number of para-hydroxylation sites is 2. The molecule has 0 unspecified atom stereocenters. The van der Waals surface area contributed by atoms with Crippen molar-refractivity contribution in [2.24, 2.45) is 0 Å². The van der Waals surface area contributed by atoms with Gasteiger partial charge in [-0.05, 0) is 84.8 Å². The van der Waals surface area contributed by atoms with Gasteiger partial charge in [0.25, 0.3) is 5.91 Å². The number of nitrogens with zero attached hydrogens (tertiary/aromatic N) is 2. The molecule has 4 aromatic carbocycles. The number of amides is 1. The van der Waals surface area contributed by atoms with Gasteiger partial charge in [-0.25, -0.2) is 9.78 Å². The second-order valence-electron chi connectivity index (χ2n) is 9.12. The number of esters is 1. The number of nitrogens with one attached hydrogen (secondary N) is 1. The average Bonchev–Trinajstić information content (AvgIpc) is 3.33. The lowest BCUT2D eigenvalue weighted by Gasteiger charge is -2.12. The Morgan fingerprint density at radius 2 is 1.46 bits per heavy atom. The van der Waals surface area contributed by atoms with Gasteiger partial charge in [0, 0.05) is 12.1 Å². The Morgan fingerprint density at radius 1 is 0.829 bits per heavy atom. The number of methoxy groups -OCH3 is 1. The Labute approximate surface area is 233 Å². The lowest BCUT2D eigenvalue weighted by atomic mass is 10.1. The molecule has 0 radical (unpaired) electrons. The van der Waals surface area contributed by atoms with E-state index in [4.69, 9.17) is 9.47 Å². The van der Waals surface area contributed by atoms with Crippen molar-refractivity contribution in [3.63, 3.8) is 0 Å². The fourth-order valence-corrected chi connectivity index (χ4v) is 4.24. The fourth-order valence-electron chi connectivity index (χ4n) is 4.24. The minimum Gasteiger partial charge on any atom is -0.497 e. The Balaban J connectivity index is 1.27. The Morgan fingerprint density at radius 3 is 2.12 bits per heavy atom. The van der Waals surface area contributed by atoms with E-state index in [9.17, 15) is 22.8 Å². The van der Waals surface area contributed by atoms with Crippen LogP contribution in [0.25, 0.3) is 11.0 Å². The Kier molecular flexibility index (Phi) is 7.73. The molecule has 1 heterocycles. The molecule has 0 saturated carbocycles. The highest BCUT2D eigenvalue weighted by Crippen LogP contribution is 2.29. The average molecular weight is 560 g/mol. The number of halogens is 3. The van der Waals surface area contributed by atoms with Gasteiger partial charge in [0.1, 0.15) is 11.5 Å². The molecule has 41 heavy (non-hydrogen) atoms. The van der Waals surface area contributed by atoms with Crippen LogP contribution in [0.2, 0.25) is 0 Å². The lowest BCUT2D eigenvalue weighted by Crippen LogP contribution is -2.17. The van der Waals surface area contributed by atoms with Gasteiger partial charge >= 0.3 is 12.1 Å². The Bertz CT molecular complexity index is 1680. The molecular formula is C31H24F3N3O4. The topological polar surface area (TPSA) is 82.5 Å². The van der Waals surface area contributed by atoms with Gasteiger partial charge < -0.3 is 14.0 Å². The second kappa shape index (κ2) is 11.5. The molecule has 208 valence electrons. The minimum atomic E-state index is -4.49. The van der Waals surface area contributed by atoms with Crippen molar-refractivity contribution in [1.82, 2.24) is 9.55 Å². The van der Waals surface area contributed by atoms with Gasteiger partial charge in [0.2, 0.25) is 5.95 Å². The minimum absolute atomic E-state index is 0.0800. The highest BCUT2D eigenvalue weighted by molar-refractivity contribution is 6.04. The largest absolute Gasteiger partial charge is 0.497 e. The molecule has 5 rings (SSSR count). The zero-order valence-electron chi connectivity index (χ0n) is 21.8. The number of benzene rings is 4. The third-order valence-electron chi connectivity index (χ3n) is 6.44. The molecule has 0 bridgehead atoms. The monoisotopic (exact) mass is 559 g/mol. The maximum absolute atomic E-state index is 12.9. The van der Waals surface area contributed by atoms with Crippen LogP contribution in [0.3, 0.4) is 0 Å². The smallest absolute Gasteiger partial charge is 0.416 e. The van der Waals surface area contributed by atoms with Crippen molar-refractivity contribution in [2.45, 2.75) is 19.1 Å². The van der Waals surface area contributed by atoms with Crippen LogP contribution >= 0.6 is 0 Å². The van der Waals surface area contributed by atoms with Crippen molar-refractivity contribution >= 4 is 28.9 Å². The number of imidazole rings is 1. The van der Waals surface area contributed by atoms with E-state index in [-0.39, 0.29) is 11.5 Å². The molecule has 0 atom stereocenters. The predicted octanol–water partition coefficient (Wildman–Crippen LogP) is 6.78. The Hall–Kier alpha value is -5.12. The molecule has 0 aliphatic rings. The zero-order chi connectivity index (χ0) is 29.0. The summed E-state index contributed by atoms with van der Waals surface area (Å²) in [7, 11) is 1.55. The van der Waals surface area contributed by atoms with Crippen molar-refractivity contribution in [2.75, 3.05) is 12.4 Å². The predicted molar refractivity (Wildman–Crippen MR) is 147 cm³/mol. The second-order valence-corrected chi connectivity index (χ2v) is 9.12. The molecule has 1 aromatic heterocycles. The number of aryl methyl sites for hydroxylation is 2. The summed E-state index contributed by atoms with van der Waals surface area (Å²) in [6.45, 7) is 0.453. The van der Waals surface area contributed by atoms with Gasteiger partial charge in [-0.2, -0.15) is 13.2 Å². The van der Waals surface area contributed by atoms with Gasteiger partial charge in [0.15, 0.2) is 0 Å². The van der Waals surface area contributed by atoms with Crippen molar-refractivity contribution in [3.05, 3.63) is 119 Å². The van der Waals surface area contributed by atoms with Crippen LogP contribution < -0.4 is 14.8 Å². The normalized spacial score (nSPS) is 11.3. The zero-order valence-corrected chi connectivity index (χ0v) is 21.8. The van der Waals surface area contributed by atoms with Crippen LogP contribution in [0, 0.1) is 0 Å². The van der Waals surface area contributed by atoms with Gasteiger partial charge in [-0.1, -0.05) is 24.3 Å². The molecule has 0 saturated heterocycles. The summed E-state index contributed by atoms with van der Waals surface area (Å²) in [5.74, 6) is 0.254. The number of rotatable bonds is 8. The van der Waals surface area contributed by atoms with E-state index in [0.29, 0.717) is 35.5 Å². The van der Waals surface area contributed by atoms with Crippen LogP contribution in [0.1, 0.15) is 31.8 Å². The van der Waals surface area contributed by atoms with E-state index >= 15 is 0 Å². The summed E-state index contributed by atoms with van der Waals surface area (Å²) in [6.07, 6.45) is -3.92. The summed E-state index contributed by atoms with van der Waals surface area (Å²) in [6, 6.07) is 25.1. The number of fused-ring (bicyclic) bond motifs is 1. The van der Waals surface area contributed by atoms with Crippen LogP contribution in [-0.4, -0.2) is 28.5 Å². The third kappa shape index (κ3) is 6.38. The number of ether oxygens (including phenoxy) is 2. The number of aromatic nitrogens is 2. The summed E-state index contributed by atoms with van der Waals surface area (Å²) in [5.41, 5.74) is 2.05. The van der Waals surface area contributed by atoms with Gasteiger partial charge in [-0.15, -0.1) is 0 Å².